The number of benzene rings is 1. The quantitative estimate of drug-likeness (QED) is 0.298. The highest BCUT2D eigenvalue weighted by Crippen LogP contribution is 2.28. The molecule has 0 fully saturated rings. The van der Waals surface area contributed by atoms with Crippen LogP contribution in [0.1, 0.15) is 31.9 Å². The summed E-state index contributed by atoms with van der Waals surface area (Å²) in [6.07, 6.45) is 0.977. The largest absolute Gasteiger partial charge is 0.496 e. The van der Waals surface area contributed by atoms with E-state index in [1.165, 1.54) is 11.1 Å². The van der Waals surface area contributed by atoms with Crippen LogP contribution in [0.3, 0.4) is 0 Å². The van der Waals surface area contributed by atoms with Gasteiger partial charge in [0.05, 0.1) is 13.8 Å². The third-order valence-electron chi connectivity index (χ3n) is 3.24. The van der Waals surface area contributed by atoms with Crippen LogP contribution >= 0.6 is 0 Å². The third kappa shape index (κ3) is 3.70. The van der Waals surface area contributed by atoms with Crippen molar-refractivity contribution in [2.24, 2.45) is 5.84 Å². The lowest BCUT2D eigenvalue weighted by molar-refractivity contribution is 0.408. The van der Waals surface area contributed by atoms with Gasteiger partial charge in [-0.1, -0.05) is 32.9 Å². The summed E-state index contributed by atoms with van der Waals surface area (Å²) in [4.78, 5) is 0. The van der Waals surface area contributed by atoms with E-state index in [9.17, 15) is 0 Å². The molecule has 4 N–H and O–H groups in total. The number of rotatable bonds is 7. The summed E-state index contributed by atoms with van der Waals surface area (Å²) in [7, 11) is 1.72. The van der Waals surface area contributed by atoms with Gasteiger partial charge in [-0.3, -0.25) is 5.84 Å². The Balaban J connectivity index is 2.87. The summed E-state index contributed by atoms with van der Waals surface area (Å²) in [5.41, 5.74) is 5.22. The molecule has 0 aromatic heterocycles. The maximum absolute atomic E-state index is 5.36. The van der Waals surface area contributed by atoms with Crippen molar-refractivity contribution in [1.82, 2.24) is 10.7 Å². The van der Waals surface area contributed by atoms with E-state index in [0.29, 0.717) is 6.67 Å². The lowest BCUT2D eigenvalue weighted by Crippen LogP contribution is -2.40. The Morgan fingerprint density at radius 1 is 1.33 bits per heavy atom. The lowest BCUT2D eigenvalue weighted by atomic mass is 9.83. The zero-order valence-electron chi connectivity index (χ0n) is 11.8. The van der Waals surface area contributed by atoms with Crippen LogP contribution in [0.4, 0.5) is 0 Å². The van der Waals surface area contributed by atoms with Crippen LogP contribution in [0.25, 0.3) is 0 Å². The average Bonchev–Trinajstić information content (AvgIpc) is 2.38. The number of hydrazine groups is 1. The van der Waals surface area contributed by atoms with Gasteiger partial charge < -0.3 is 10.1 Å². The molecule has 0 aliphatic rings. The minimum Gasteiger partial charge on any atom is -0.496 e. The molecule has 0 aliphatic carbocycles. The van der Waals surface area contributed by atoms with Gasteiger partial charge in [-0.2, -0.15) is 0 Å². The Kier molecular flexibility index (Phi) is 5.59. The molecule has 0 aliphatic heterocycles. The number of nitrogens with one attached hydrogen (secondary N) is 2. The molecule has 102 valence electrons. The fourth-order valence-corrected chi connectivity index (χ4v) is 2.03. The number of methoxy groups -OCH3 is 1. The SMILES string of the molecule is CCc1cc(C(C)(C)CNCNN)ccc1OC. The molecule has 1 aromatic rings. The first-order valence-electron chi connectivity index (χ1n) is 6.36. The van der Waals surface area contributed by atoms with E-state index in [1.54, 1.807) is 7.11 Å². The van der Waals surface area contributed by atoms with Gasteiger partial charge in [0.1, 0.15) is 5.75 Å². The summed E-state index contributed by atoms with van der Waals surface area (Å²) >= 11 is 0. The molecule has 4 heteroatoms. The molecule has 18 heavy (non-hydrogen) atoms. The molecule has 0 unspecified atom stereocenters. The molecule has 0 radical (unpaired) electrons. The van der Waals surface area contributed by atoms with Gasteiger partial charge in [0, 0.05) is 12.0 Å². The minimum absolute atomic E-state index is 0.0625. The zero-order valence-corrected chi connectivity index (χ0v) is 11.8. The summed E-state index contributed by atoms with van der Waals surface area (Å²) in [6, 6.07) is 6.42. The molecule has 0 amide bonds. The van der Waals surface area contributed by atoms with Gasteiger partial charge in [-0.25, -0.2) is 5.43 Å². The Hall–Kier alpha value is -1.10. The number of hydrogen-bond donors (Lipinski definition) is 3. The highest BCUT2D eigenvalue weighted by molar-refractivity contribution is 5.40. The van der Waals surface area contributed by atoms with Crippen LogP contribution < -0.4 is 21.3 Å². The van der Waals surface area contributed by atoms with E-state index in [4.69, 9.17) is 10.6 Å². The summed E-state index contributed by atoms with van der Waals surface area (Å²) in [6.45, 7) is 8.06. The third-order valence-corrected chi connectivity index (χ3v) is 3.24. The Morgan fingerprint density at radius 2 is 2.06 bits per heavy atom. The van der Waals surface area contributed by atoms with Crippen molar-refractivity contribution in [3.63, 3.8) is 0 Å². The van der Waals surface area contributed by atoms with Crippen LogP contribution in [0.2, 0.25) is 0 Å². The predicted molar refractivity (Wildman–Crippen MR) is 75.6 cm³/mol. The van der Waals surface area contributed by atoms with Gasteiger partial charge >= 0.3 is 0 Å². The minimum atomic E-state index is 0.0625. The predicted octanol–water partition coefficient (Wildman–Crippen LogP) is 1.55. The van der Waals surface area contributed by atoms with Crippen molar-refractivity contribution in [3.8, 4) is 5.75 Å². The zero-order chi connectivity index (χ0) is 13.6. The second-order valence-electron chi connectivity index (χ2n) is 5.07. The van der Waals surface area contributed by atoms with Crippen LogP contribution in [-0.4, -0.2) is 20.3 Å². The van der Waals surface area contributed by atoms with Crippen LogP contribution in [-0.2, 0) is 11.8 Å². The van der Waals surface area contributed by atoms with Crippen molar-refractivity contribution < 1.29 is 4.74 Å². The van der Waals surface area contributed by atoms with Crippen molar-refractivity contribution >= 4 is 0 Å². The smallest absolute Gasteiger partial charge is 0.122 e. The number of hydrogen-bond acceptors (Lipinski definition) is 4. The fourth-order valence-electron chi connectivity index (χ4n) is 2.03. The molecule has 0 atom stereocenters. The standard InChI is InChI=1S/C14H25N3O/c1-5-11-8-12(6-7-13(11)18-4)14(2,3)9-16-10-17-15/h6-8,16-17H,5,9-10,15H2,1-4H3. The maximum atomic E-state index is 5.36. The second kappa shape index (κ2) is 6.73. The summed E-state index contributed by atoms with van der Waals surface area (Å²) in [5, 5.41) is 3.27. The molecule has 0 heterocycles. The molecule has 0 saturated carbocycles. The van der Waals surface area contributed by atoms with E-state index in [1.807, 2.05) is 0 Å². The number of aryl methyl sites for hydroxylation is 1. The van der Waals surface area contributed by atoms with Crippen molar-refractivity contribution in [2.45, 2.75) is 32.6 Å². The van der Waals surface area contributed by atoms with Gasteiger partial charge in [-0.05, 0) is 23.6 Å². The second-order valence-corrected chi connectivity index (χ2v) is 5.07. The molecule has 1 aromatic carbocycles. The Morgan fingerprint density at radius 3 is 2.61 bits per heavy atom. The van der Waals surface area contributed by atoms with Crippen LogP contribution in [0, 0.1) is 0 Å². The fraction of sp³-hybridized carbons (Fsp3) is 0.571. The van der Waals surface area contributed by atoms with Gasteiger partial charge in [0.2, 0.25) is 0 Å². The van der Waals surface area contributed by atoms with Crippen LogP contribution in [0.5, 0.6) is 5.75 Å². The van der Waals surface area contributed by atoms with Crippen molar-refractivity contribution in [2.75, 3.05) is 20.3 Å². The molecule has 1 rings (SSSR count). The van der Waals surface area contributed by atoms with Gasteiger partial charge in [-0.15, -0.1) is 0 Å². The molecule has 0 spiro atoms. The number of nitrogens with two attached hydrogens (primary N) is 1. The van der Waals surface area contributed by atoms with E-state index < -0.39 is 0 Å². The topological polar surface area (TPSA) is 59.3 Å². The van der Waals surface area contributed by atoms with E-state index in [-0.39, 0.29) is 5.41 Å². The average molecular weight is 251 g/mol. The molecule has 4 nitrogen and oxygen atoms in total. The monoisotopic (exact) mass is 251 g/mol. The first kappa shape index (κ1) is 15.0. The van der Waals surface area contributed by atoms with Crippen molar-refractivity contribution in [3.05, 3.63) is 29.3 Å². The summed E-state index contributed by atoms with van der Waals surface area (Å²) in [5.74, 6) is 6.22. The van der Waals surface area contributed by atoms with Gasteiger partial charge in [0.15, 0.2) is 0 Å². The van der Waals surface area contributed by atoms with E-state index in [2.05, 4.69) is 49.7 Å². The summed E-state index contributed by atoms with van der Waals surface area (Å²) < 4.78 is 5.36. The normalized spacial score (nSPS) is 11.6. The Labute approximate surface area is 110 Å². The molecular weight excluding hydrogens is 226 g/mol. The molecule has 0 saturated heterocycles. The first-order valence-corrected chi connectivity index (χ1v) is 6.36. The Bertz CT molecular complexity index is 377. The lowest BCUT2D eigenvalue weighted by Gasteiger charge is -2.26. The van der Waals surface area contributed by atoms with E-state index >= 15 is 0 Å². The highest BCUT2D eigenvalue weighted by Gasteiger charge is 2.21. The first-order chi connectivity index (χ1) is 8.55. The van der Waals surface area contributed by atoms with E-state index in [0.717, 1.165) is 18.7 Å². The molecule has 0 bridgehead atoms. The van der Waals surface area contributed by atoms with Crippen LogP contribution in [0.15, 0.2) is 18.2 Å². The van der Waals surface area contributed by atoms with Crippen molar-refractivity contribution in [1.29, 1.82) is 0 Å². The molecular formula is C14H25N3O. The highest BCUT2D eigenvalue weighted by atomic mass is 16.5. The van der Waals surface area contributed by atoms with Gasteiger partial charge in [0.25, 0.3) is 0 Å². The maximum Gasteiger partial charge on any atom is 0.122 e. The number of ether oxygens (including phenoxy) is 1.